The molecule has 1 aromatic carbocycles. The topological polar surface area (TPSA) is 49.3 Å². The molecule has 1 aliphatic rings. The lowest BCUT2D eigenvalue weighted by atomic mass is 9.74. The van der Waals surface area contributed by atoms with Crippen LogP contribution in [0.5, 0.6) is 0 Å². The van der Waals surface area contributed by atoms with Gasteiger partial charge in [-0.05, 0) is 25.1 Å². The Labute approximate surface area is 106 Å². The molecule has 0 unspecified atom stereocenters. The van der Waals surface area contributed by atoms with Crippen LogP contribution in [0.2, 0.25) is 5.02 Å². The van der Waals surface area contributed by atoms with Crippen LogP contribution in [0.4, 0.5) is 0 Å². The minimum Gasteiger partial charge on any atom is -0.393 e. The first-order valence-electron chi connectivity index (χ1n) is 5.75. The molecule has 0 heterocycles. The van der Waals surface area contributed by atoms with Crippen LogP contribution < -0.4 is 5.32 Å². The summed E-state index contributed by atoms with van der Waals surface area (Å²) in [7, 11) is 1.74. The van der Waals surface area contributed by atoms with Crippen LogP contribution in [-0.4, -0.2) is 24.0 Å². The number of likely N-dealkylation sites (N-methyl/N-ethyl adjacent to an activating group) is 1. The lowest BCUT2D eigenvalue weighted by Gasteiger charge is -2.38. The van der Waals surface area contributed by atoms with Crippen molar-refractivity contribution in [2.24, 2.45) is 0 Å². The van der Waals surface area contributed by atoms with Crippen LogP contribution in [0.25, 0.3) is 0 Å². The van der Waals surface area contributed by atoms with Crippen molar-refractivity contribution < 1.29 is 9.90 Å². The molecular weight excluding hydrogens is 238 g/mol. The van der Waals surface area contributed by atoms with Crippen molar-refractivity contribution >= 4 is 17.4 Å². The fraction of sp³-hybridized carbons (Fsp3) is 0.462. The first kappa shape index (κ1) is 12.6. The highest BCUT2D eigenvalue weighted by Crippen LogP contribution is 2.37. The van der Waals surface area contributed by atoms with Gasteiger partial charge >= 0.3 is 0 Å². The fourth-order valence-electron chi connectivity index (χ4n) is 2.52. The number of nitrogens with one attached hydrogen (secondary N) is 1. The van der Waals surface area contributed by atoms with E-state index in [4.69, 9.17) is 11.6 Å². The summed E-state index contributed by atoms with van der Waals surface area (Å²) in [4.78, 5) is 12.2. The second-order valence-corrected chi connectivity index (χ2v) is 4.86. The molecule has 92 valence electrons. The molecule has 17 heavy (non-hydrogen) atoms. The lowest BCUT2D eigenvalue weighted by molar-refractivity contribution is -0.130. The first-order valence-corrected chi connectivity index (χ1v) is 6.13. The Hall–Kier alpha value is -0.900. The molecule has 2 N–H and O–H groups in total. The van der Waals surface area contributed by atoms with E-state index in [-0.39, 0.29) is 5.78 Å². The minimum absolute atomic E-state index is 0.0957. The maximum atomic E-state index is 12.2. The van der Waals surface area contributed by atoms with Gasteiger partial charge in [-0.25, -0.2) is 0 Å². The third-order valence-electron chi connectivity index (χ3n) is 3.48. The number of aliphatic hydroxyl groups excluding tert-OH is 1. The molecule has 2 atom stereocenters. The van der Waals surface area contributed by atoms with Crippen LogP contribution in [0, 0.1) is 0 Å². The van der Waals surface area contributed by atoms with Gasteiger partial charge in [0.2, 0.25) is 0 Å². The van der Waals surface area contributed by atoms with E-state index in [1.54, 1.807) is 13.1 Å². The van der Waals surface area contributed by atoms with E-state index < -0.39 is 11.6 Å². The number of halogens is 1. The van der Waals surface area contributed by atoms with Gasteiger partial charge in [0.15, 0.2) is 5.78 Å². The molecule has 3 nitrogen and oxygen atoms in total. The van der Waals surface area contributed by atoms with Crippen molar-refractivity contribution in [3.05, 3.63) is 34.9 Å². The highest BCUT2D eigenvalue weighted by atomic mass is 35.5. The Morgan fingerprint density at radius 1 is 1.47 bits per heavy atom. The molecule has 1 aliphatic carbocycles. The molecule has 0 aromatic heterocycles. The highest BCUT2D eigenvalue weighted by Gasteiger charge is 2.44. The van der Waals surface area contributed by atoms with E-state index in [1.165, 1.54) is 0 Å². The molecular formula is C13H16ClNO2. The molecule has 1 fully saturated rings. The predicted molar refractivity (Wildman–Crippen MR) is 67.1 cm³/mol. The van der Waals surface area contributed by atoms with Gasteiger partial charge in [-0.1, -0.05) is 29.8 Å². The van der Waals surface area contributed by atoms with Crippen LogP contribution in [-0.2, 0) is 10.3 Å². The van der Waals surface area contributed by atoms with E-state index in [2.05, 4.69) is 5.32 Å². The predicted octanol–water partition coefficient (Wildman–Crippen LogP) is 1.87. The first-order chi connectivity index (χ1) is 8.10. The Morgan fingerprint density at radius 2 is 2.18 bits per heavy atom. The van der Waals surface area contributed by atoms with Crippen molar-refractivity contribution in [2.45, 2.75) is 30.9 Å². The van der Waals surface area contributed by atoms with Crippen LogP contribution in [0.1, 0.15) is 24.8 Å². The van der Waals surface area contributed by atoms with E-state index in [9.17, 15) is 9.90 Å². The molecule has 0 amide bonds. The largest absolute Gasteiger partial charge is 0.393 e. The van der Waals surface area contributed by atoms with Crippen molar-refractivity contribution in [1.29, 1.82) is 0 Å². The molecule has 0 radical (unpaired) electrons. The SMILES string of the molecule is CN[C@@]1(c2ccccc2Cl)C[C@@H](O)CCC1=O. The van der Waals surface area contributed by atoms with Gasteiger partial charge in [0.1, 0.15) is 5.54 Å². The van der Waals surface area contributed by atoms with Gasteiger partial charge in [0, 0.05) is 17.9 Å². The molecule has 1 aromatic rings. The third-order valence-corrected chi connectivity index (χ3v) is 3.81. The third kappa shape index (κ3) is 2.10. The number of carbonyl (C=O) groups is 1. The van der Waals surface area contributed by atoms with Crippen LogP contribution in [0.3, 0.4) is 0 Å². The normalized spacial score (nSPS) is 29.4. The number of hydrogen-bond acceptors (Lipinski definition) is 3. The van der Waals surface area contributed by atoms with E-state index in [0.717, 1.165) is 5.56 Å². The summed E-state index contributed by atoms with van der Waals surface area (Å²) in [5, 5.41) is 13.4. The van der Waals surface area contributed by atoms with Gasteiger partial charge in [-0.3, -0.25) is 4.79 Å². The molecule has 0 spiro atoms. The van der Waals surface area contributed by atoms with Gasteiger partial charge in [0.25, 0.3) is 0 Å². The summed E-state index contributed by atoms with van der Waals surface area (Å²) in [5.74, 6) is 0.0957. The van der Waals surface area contributed by atoms with Crippen LogP contribution in [0.15, 0.2) is 24.3 Å². The van der Waals surface area contributed by atoms with Gasteiger partial charge in [-0.2, -0.15) is 0 Å². The lowest BCUT2D eigenvalue weighted by Crippen LogP contribution is -2.52. The molecule has 0 saturated heterocycles. The average molecular weight is 254 g/mol. The minimum atomic E-state index is -0.837. The van der Waals surface area contributed by atoms with E-state index in [1.807, 2.05) is 18.2 Å². The Balaban J connectivity index is 2.49. The van der Waals surface area contributed by atoms with Crippen molar-refractivity contribution in [2.75, 3.05) is 7.05 Å². The van der Waals surface area contributed by atoms with E-state index in [0.29, 0.717) is 24.3 Å². The number of aliphatic hydroxyl groups is 1. The Morgan fingerprint density at radius 3 is 2.82 bits per heavy atom. The van der Waals surface area contributed by atoms with Crippen molar-refractivity contribution in [1.82, 2.24) is 5.32 Å². The number of hydrogen-bond donors (Lipinski definition) is 2. The summed E-state index contributed by atoms with van der Waals surface area (Å²) in [5.41, 5.74) is -0.0800. The number of rotatable bonds is 2. The molecule has 0 aliphatic heterocycles. The Bertz CT molecular complexity index is 435. The zero-order valence-electron chi connectivity index (χ0n) is 9.74. The quantitative estimate of drug-likeness (QED) is 0.846. The molecule has 1 saturated carbocycles. The monoisotopic (exact) mass is 253 g/mol. The summed E-state index contributed by atoms with van der Waals surface area (Å²) in [6.45, 7) is 0. The smallest absolute Gasteiger partial charge is 0.157 e. The molecule has 4 heteroatoms. The van der Waals surface area contributed by atoms with Gasteiger partial charge in [-0.15, -0.1) is 0 Å². The second-order valence-electron chi connectivity index (χ2n) is 4.45. The molecule has 2 rings (SSSR count). The fourth-order valence-corrected chi connectivity index (χ4v) is 2.82. The summed E-state index contributed by atoms with van der Waals surface area (Å²) in [6, 6.07) is 7.30. The standard InChI is InChI=1S/C13H16ClNO2/c1-15-13(8-9(16)6-7-12(13)17)10-4-2-3-5-11(10)14/h2-5,9,15-16H,6-8H2,1H3/t9-,13+/m0/s1. The Kier molecular flexibility index (Phi) is 3.52. The van der Waals surface area contributed by atoms with Crippen molar-refractivity contribution in [3.8, 4) is 0 Å². The second kappa shape index (κ2) is 4.77. The van der Waals surface area contributed by atoms with Crippen LogP contribution >= 0.6 is 11.6 Å². The van der Waals surface area contributed by atoms with Crippen molar-refractivity contribution in [3.63, 3.8) is 0 Å². The zero-order chi connectivity index (χ0) is 12.5. The number of Topliss-reactive ketones (excluding diaryl/α,β-unsaturated/α-hetero) is 1. The number of carbonyl (C=O) groups excluding carboxylic acids is 1. The summed E-state index contributed by atoms with van der Waals surface area (Å²) in [6.07, 6.45) is 0.836. The highest BCUT2D eigenvalue weighted by molar-refractivity contribution is 6.31. The maximum Gasteiger partial charge on any atom is 0.157 e. The zero-order valence-corrected chi connectivity index (χ0v) is 10.5. The summed E-state index contributed by atoms with van der Waals surface area (Å²) < 4.78 is 0. The van der Waals surface area contributed by atoms with E-state index >= 15 is 0 Å². The number of ketones is 1. The summed E-state index contributed by atoms with van der Waals surface area (Å²) >= 11 is 6.17. The maximum absolute atomic E-state index is 12.2. The average Bonchev–Trinajstić information content (AvgIpc) is 2.33. The molecule has 0 bridgehead atoms. The number of benzene rings is 1. The van der Waals surface area contributed by atoms with Gasteiger partial charge < -0.3 is 10.4 Å². The van der Waals surface area contributed by atoms with Gasteiger partial charge in [0.05, 0.1) is 6.10 Å².